The Hall–Kier alpha value is -3.56. The Morgan fingerprint density at radius 3 is 2.08 bits per heavy atom. The molecule has 0 heterocycles. The molecule has 8 nitrogen and oxygen atoms in total. The molecule has 0 spiro atoms. The fourth-order valence-corrected chi connectivity index (χ4v) is 5.33. The molecule has 0 unspecified atom stereocenters. The summed E-state index contributed by atoms with van der Waals surface area (Å²) in [7, 11) is -2.61. The van der Waals surface area contributed by atoms with Crippen LogP contribution in [-0.2, 0) is 26.2 Å². The lowest BCUT2D eigenvalue weighted by molar-refractivity contribution is -0.139. The van der Waals surface area contributed by atoms with Crippen LogP contribution in [0.1, 0.15) is 26.3 Å². The predicted octanol–water partition coefficient (Wildman–Crippen LogP) is 4.49. The molecule has 0 aliphatic rings. The maximum absolute atomic E-state index is 13.8. The molecule has 0 bridgehead atoms. The van der Waals surface area contributed by atoms with Crippen molar-refractivity contribution in [1.82, 2.24) is 10.2 Å². The van der Waals surface area contributed by atoms with Crippen LogP contribution in [0, 0.1) is 0 Å². The van der Waals surface area contributed by atoms with Crippen LogP contribution in [0.5, 0.6) is 5.75 Å². The quantitative estimate of drug-likeness (QED) is 0.375. The Morgan fingerprint density at radius 2 is 1.53 bits per heavy atom. The summed E-state index contributed by atoms with van der Waals surface area (Å²) < 4.78 is 33.7. The van der Waals surface area contributed by atoms with Gasteiger partial charge in [-0.3, -0.25) is 13.9 Å². The Morgan fingerprint density at radius 1 is 0.921 bits per heavy atom. The summed E-state index contributed by atoms with van der Waals surface area (Å²) >= 11 is 6.02. The summed E-state index contributed by atoms with van der Waals surface area (Å²) in [5.41, 5.74) is 1.03. The number of nitrogens with zero attached hydrogens (tertiary/aromatic N) is 2. The minimum atomic E-state index is -4.12. The average Bonchev–Trinajstić information content (AvgIpc) is 2.91. The second-order valence-corrected chi connectivity index (χ2v) is 11.3. The van der Waals surface area contributed by atoms with Crippen molar-refractivity contribution in [3.05, 3.63) is 89.4 Å². The zero-order valence-corrected chi connectivity index (χ0v) is 23.4. The number of benzene rings is 3. The van der Waals surface area contributed by atoms with E-state index in [9.17, 15) is 18.0 Å². The van der Waals surface area contributed by atoms with Crippen LogP contribution in [0.25, 0.3) is 0 Å². The van der Waals surface area contributed by atoms with Gasteiger partial charge in [-0.25, -0.2) is 8.42 Å². The molecule has 0 radical (unpaired) electrons. The van der Waals surface area contributed by atoms with Crippen LogP contribution in [0.2, 0.25) is 5.02 Å². The molecule has 1 N–H and O–H groups in total. The normalized spacial score (nSPS) is 12.1. The molecule has 0 saturated carbocycles. The molecule has 0 fully saturated rings. The molecule has 3 aromatic carbocycles. The SMILES string of the molecule is COc1ccc(N(CC(=O)N(Cc2ccc(Cl)cc2)[C@H](C)C(=O)NC(C)C)S(=O)(=O)c2ccccc2)cc1. The molecular weight excluding hydrogens is 526 g/mol. The van der Waals surface area contributed by atoms with Crippen LogP contribution < -0.4 is 14.4 Å². The van der Waals surface area contributed by atoms with E-state index in [2.05, 4.69) is 5.32 Å². The third kappa shape index (κ3) is 7.26. The zero-order valence-electron chi connectivity index (χ0n) is 21.8. The van der Waals surface area contributed by atoms with Crippen LogP contribution in [0.15, 0.2) is 83.8 Å². The number of hydrogen-bond donors (Lipinski definition) is 1. The fraction of sp³-hybridized carbons (Fsp3) is 0.286. The number of ether oxygens (including phenoxy) is 1. The highest BCUT2D eigenvalue weighted by Crippen LogP contribution is 2.26. The van der Waals surface area contributed by atoms with Crippen molar-refractivity contribution in [2.24, 2.45) is 0 Å². The molecule has 202 valence electrons. The summed E-state index contributed by atoms with van der Waals surface area (Å²) in [5.74, 6) is -0.341. The standard InChI is InChI=1S/C28H32ClN3O5S/c1-20(2)30-28(34)21(3)31(18-22-10-12-23(29)13-11-22)27(33)19-32(24-14-16-25(37-4)17-15-24)38(35,36)26-8-6-5-7-9-26/h5-17,20-21H,18-19H2,1-4H3,(H,30,34)/t21-/m1/s1. The van der Waals surface area contributed by atoms with Crippen LogP contribution in [-0.4, -0.2) is 50.9 Å². The molecule has 0 aliphatic heterocycles. The van der Waals surface area contributed by atoms with Gasteiger partial charge >= 0.3 is 0 Å². The number of carbonyl (C=O) groups is 2. The number of hydrogen-bond acceptors (Lipinski definition) is 5. The van der Waals surface area contributed by atoms with E-state index in [4.69, 9.17) is 16.3 Å². The number of rotatable bonds is 11. The molecule has 10 heteroatoms. The van der Waals surface area contributed by atoms with E-state index < -0.39 is 28.5 Å². The third-order valence-corrected chi connectivity index (χ3v) is 7.87. The topological polar surface area (TPSA) is 96.0 Å². The number of sulfonamides is 1. The molecule has 0 aliphatic carbocycles. The number of amides is 2. The van der Waals surface area contributed by atoms with Gasteiger partial charge in [-0.2, -0.15) is 0 Å². The lowest BCUT2D eigenvalue weighted by atomic mass is 10.1. The first kappa shape index (κ1) is 29.0. The first-order chi connectivity index (χ1) is 18.0. The predicted molar refractivity (Wildman–Crippen MR) is 149 cm³/mol. The van der Waals surface area contributed by atoms with Crippen LogP contribution >= 0.6 is 11.6 Å². The molecular formula is C28H32ClN3O5S. The second kappa shape index (κ2) is 12.8. The van der Waals surface area contributed by atoms with E-state index in [0.717, 1.165) is 9.87 Å². The molecule has 0 aromatic heterocycles. The van der Waals surface area contributed by atoms with Gasteiger partial charge in [-0.15, -0.1) is 0 Å². The minimum absolute atomic E-state index is 0.0402. The van der Waals surface area contributed by atoms with Crippen molar-refractivity contribution in [3.8, 4) is 5.75 Å². The minimum Gasteiger partial charge on any atom is -0.497 e. The summed E-state index contributed by atoms with van der Waals surface area (Å²) in [5, 5.41) is 3.37. The smallest absolute Gasteiger partial charge is 0.264 e. The number of nitrogens with one attached hydrogen (secondary N) is 1. The van der Waals surface area contributed by atoms with Gasteiger partial charge in [0.05, 0.1) is 17.7 Å². The first-order valence-corrected chi connectivity index (χ1v) is 13.9. The van der Waals surface area contributed by atoms with E-state index in [-0.39, 0.29) is 29.1 Å². The number of halogens is 1. The van der Waals surface area contributed by atoms with Crippen molar-refractivity contribution in [1.29, 1.82) is 0 Å². The lowest BCUT2D eigenvalue weighted by Crippen LogP contribution is -2.52. The highest BCUT2D eigenvalue weighted by molar-refractivity contribution is 7.92. The molecule has 2 amide bonds. The highest BCUT2D eigenvalue weighted by atomic mass is 35.5. The molecule has 1 atom stereocenters. The largest absolute Gasteiger partial charge is 0.497 e. The molecule has 3 aromatic rings. The van der Waals surface area contributed by atoms with Crippen molar-refractivity contribution in [2.75, 3.05) is 18.0 Å². The summed E-state index contributed by atoms with van der Waals surface area (Å²) in [6, 6.07) is 20.2. The molecule has 3 rings (SSSR count). The van der Waals surface area contributed by atoms with E-state index in [1.54, 1.807) is 73.7 Å². The van der Waals surface area contributed by atoms with Gasteiger partial charge in [-0.05, 0) is 74.9 Å². The number of methoxy groups -OCH3 is 1. The fourth-order valence-electron chi connectivity index (χ4n) is 3.77. The monoisotopic (exact) mass is 557 g/mol. The van der Waals surface area contributed by atoms with Gasteiger partial charge in [0.25, 0.3) is 10.0 Å². The maximum Gasteiger partial charge on any atom is 0.264 e. The van der Waals surface area contributed by atoms with Gasteiger partial charge < -0.3 is 15.0 Å². The Labute approximate surface area is 229 Å². The Balaban J connectivity index is 2.01. The average molecular weight is 558 g/mol. The number of carbonyl (C=O) groups excluding carboxylic acids is 2. The van der Waals surface area contributed by atoms with Crippen LogP contribution in [0.3, 0.4) is 0 Å². The Bertz CT molecular complexity index is 1330. The van der Waals surface area contributed by atoms with Crippen LogP contribution in [0.4, 0.5) is 5.69 Å². The summed E-state index contributed by atoms with van der Waals surface area (Å²) in [6.07, 6.45) is 0. The Kier molecular flexibility index (Phi) is 9.77. The summed E-state index contributed by atoms with van der Waals surface area (Å²) in [4.78, 5) is 28.1. The highest BCUT2D eigenvalue weighted by Gasteiger charge is 2.32. The third-order valence-electron chi connectivity index (χ3n) is 5.83. The van der Waals surface area contributed by atoms with Gasteiger partial charge in [0.1, 0.15) is 18.3 Å². The van der Waals surface area contributed by atoms with Gasteiger partial charge in [-0.1, -0.05) is 41.9 Å². The van der Waals surface area contributed by atoms with Gasteiger partial charge in [0.15, 0.2) is 0 Å². The second-order valence-electron chi connectivity index (χ2n) is 9.01. The van der Waals surface area contributed by atoms with E-state index in [1.165, 1.54) is 24.1 Å². The van der Waals surface area contributed by atoms with Gasteiger partial charge in [0, 0.05) is 17.6 Å². The summed E-state index contributed by atoms with van der Waals surface area (Å²) in [6.45, 7) is 4.84. The van der Waals surface area contributed by atoms with Crippen molar-refractivity contribution < 1.29 is 22.7 Å². The van der Waals surface area contributed by atoms with E-state index >= 15 is 0 Å². The molecule has 38 heavy (non-hydrogen) atoms. The van der Waals surface area contributed by atoms with Crippen molar-refractivity contribution in [2.45, 2.75) is 44.3 Å². The first-order valence-electron chi connectivity index (χ1n) is 12.1. The number of anilines is 1. The van der Waals surface area contributed by atoms with E-state index in [1.807, 2.05) is 13.8 Å². The van der Waals surface area contributed by atoms with Crippen molar-refractivity contribution in [3.63, 3.8) is 0 Å². The van der Waals surface area contributed by atoms with Crippen molar-refractivity contribution >= 4 is 39.1 Å². The lowest BCUT2D eigenvalue weighted by Gasteiger charge is -2.32. The zero-order chi connectivity index (χ0) is 27.9. The van der Waals surface area contributed by atoms with Gasteiger partial charge in [0.2, 0.25) is 11.8 Å². The van der Waals surface area contributed by atoms with E-state index in [0.29, 0.717) is 10.8 Å². The maximum atomic E-state index is 13.8. The molecule has 0 saturated heterocycles.